The van der Waals surface area contributed by atoms with Crippen LogP contribution in [0.25, 0.3) is 60.2 Å². The van der Waals surface area contributed by atoms with Gasteiger partial charge in [-0.25, -0.2) is 0 Å². The Balaban J connectivity index is 0.000000182. The fraction of sp³-hybridized carbons (Fsp3) is 0.182. The molecule has 0 N–H and O–H groups in total. The summed E-state index contributed by atoms with van der Waals surface area (Å²) in [6.07, 6.45) is 3.24. The van der Waals surface area contributed by atoms with E-state index in [0.29, 0.717) is 5.92 Å². The van der Waals surface area contributed by atoms with E-state index in [2.05, 4.69) is 159 Å². The Morgan fingerprint density at radius 2 is 1.58 bits per heavy atom. The second-order valence-electron chi connectivity index (χ2n) is 14.2. The summed E-state index contributed by atoms with van der Waals surface area (Å²) in [5, 5.41) is 8.70. The number of hydrogen-bond donors (Lipinski definition) is 0. The van der Waals surface area contributed by atoms with E-state index >= 15 is 0 Å². The first kappa shape index (κ1) is 35.6. The number of nitrogens with zero attached hydrogens (tertiary/aromatic N) is 3. The Morgan fingerprint density at radius 1 is 0.820 bits per heavy atom. The molecule has 0 unspecified atom stereocenters. The molecule has 253 valence electrons. The number of aromatic nitrogens is 3. The van der Waals surface area contributed by atoms with Crippen molar-refractivity contribution in [1.29, 1.82) is 0 Å². The summed E-state index contributed by atoms with van der Waals surface area (Å²) in [6.45, 7) is 13.9. The number of hydrogen-bond acceptors (Lipinski definition) is 3. The molecule has 0 saturated heterocycles. The van der Waals surface area contributed by atoms with E-state index in [0.717, 1.165) is 45.8 Å². The predicted molar refractivity (Wildman–Crippen MR) is 213 cm³/mol. The number of para-hydroxylation sites is 2. The van der Waals surface area contributed by atoms with Gasteiger partial charge in [0.25, 0.3) is 0 Å². The minimum atomic E-state index is -1.34. The topological polar surface area (TPSA) is 30.7 Å². The van der Waals surface area contributed by atoms with Crippen molar-refractivity contribution in [2.24, 2.45) is 5.92 Å². The van der Waals surface area contributed by atoms with Gasteiger partial charge in [-0.15, -0.1) is 47.3 Å². The van der Waals surface area contributed by atoms with Crippen LogP contribution in [0, 0.1) is 24.3 Å². The molecule has 0 saturated carbocycles. The van der Waals surface area contributed by atoms with E-state index in [4.69, 9.17) is 4.98 Å². The molecule has 8 aromatic rings. The van der Waals surface area contributed by atoms with Crippen LogP contribution >= 0.6 is 11.3 Å². The summed E-state index contributed by atoms with van der Waals surface area (Å²) >= 11 is 1.66. The van der Waals surface area contributed by atoms with Gasteiger partial charge in [-0.05, 0) is 65.2 Å². The third-order valence-corrected chi connectivity index (χ3v) is 11.8. The van der Waals surface area contributed by atoms with Gasteiger partial charge in [0.15, 0.2) is 0 Å². The number of rotatable bonds is 6. The molecular formula is C44H41IrN3SSi-2. The van der Waals surface area contributed by atoms with Crippen molar-refractivity contribution in [2.75, 3.05) is 0 Å². The number of fused-ring (bicyclic) bond motifs is 3. The average Bonchev–Trinajstić information content (AvgIpc) is 3.69. The normalized spacial score (nSPS) is 11.5. The molecule has 0 spiro atoms. The molecular weight excluding hydrogens is 823 g/mol. The number of aryl methyl sites for hydroxylation is 1. The number of thiophene rings is 1. The number of benzene rings is 5. The molecule has 3 nitrogen and oxygen atoms in total. The Labute approximate surface area is 314 Å². The molecule has 0 aliphatic carbocycles. The molecule has 1 radical (unpaired) electrons. The zero-order chi connectivity index (χ0) is 34.1. The Morgan fingerprint density at radius 3 is 2.34 bits per heavy atom. The molecule has 8 rings (SSSR count). The molecule has 6 heteroatoms. The molecule has 3 aromatic heterocycles. The van der Waals surface area contributed by atoms with Crippen LogP contribution < -0.4 is 5.19 Å². The average molecular weight is 864 g/mol. The molecule has 5 aromatic carbocycles. The molecule has 0 bridgehead atoms. The van der Waals surface area contributed by atoms with Gasteiger partial charge in [-0.3, -0.25) is 16.3 Å². The van der Waals surface area contributed by atoms with Gasteiger partial charge < -0.3 is 9.55 Å². The fourth-order valence-electron chi connectivity index (χ4n) is 6.51. The van der Waals surface area contributed by atoms with E-state index in [9.17, 15) is 0 Å². The molecule has 0 aliphatic rings. The van der Waals surface area contributed by atoms with E-state index in [1.807, 2.05) is 24.3 Å². The zero-order valence-corrected chi connectivity index (χ0v) is 33.6. The van der Waals surface area contributed by atoms with Crippen LogP contribution in [0.2, 0.25) is 19.6 Å². The zero-order valence-electron chi connectivity index (χ0n) is 29.4. The van der Waals surface area contributed by atoms with Crippen molar-refractivity contribution < 1.29 is 20.1 Å². The summed E-state index contributed by atoms with van der Waals surface area (Å²) in [5.74, 6) is 1.61. The number of imidazole rings is 1. The second kappa shape index (κ2) is 15.0. The quantitative estimate of drug-likeness (QED) is 0.123. The maximum Gasteiger partial charge on any atom is 0.0798 e. The monoisotopic (exact) mass is 864 g/mol. The number of pyridine rings is 1. The Bertz CT molecular complexity index is 2400. The molecule has 0 fully saturated rings. The van der Waals surface area contributed by atoms with E-state index < -0.39 is 8.07 Å². The van der Waals surface area contributed by atoms with Gasteiger partial charge in [0.1, 0.15) is 0 Å². The molecule has 3 heterocycles. The van der Waals surface area contributed by atoms with E-state index in [1.54, 1.807) is 11.3 Å². The molecule has 0 atom stereocenters. The SMILES string of the molecule is CC(C)Cc1cc(-c2[c-]cccc2)ncc1[Si](C)(C)C.Cc1ccc2s[c-]c(-c3nc4ccccc4n3-c3ccc4ccccc4c3)c2c1.[Ir]. The van der Waals surface area contributed by atoms with Gasteiger partial charge in [-0.1, -0.05) is 121 Å². The van der Waals surface area contributed by atoms with Crippen molar-refractivity contribution in [1.82, 2.24) is 14.5 Å². The van der Waals surface area contributed by atoms with Gasteiger partial charge >= 0.3 is 0 Å². The van der Waals surface area contributed by atoms with Crippen LogP contribution in [0.4, 0.5) is 0 Å². The first-order valence-corrected chi connectivity index (χ1v) is 21.3. The van der Waals surface area contributed by atoms with E-state index in [1.165, 1.54) is 37.2 Å². The summed E-state index contributed by atoms with van der Waals surface area (Å²) in [7, 11) is -1.34. The van der Waals surface area contributed by atoms with Gasteiger partial charge in [0, 0.05) is 32.0 Å². The third kappa shape index (κ3) is 7.45. The van der Waals surface area contributed by atoms with Crippen LogP contribution in [-0.4, -0.2) is 22.6 Å². The summed E-state index contributed by atoms with van der Waals surface area (Å²) < 4.78 is 3.50. The van der Waals surface area contributed by atoms with E-state index in [-0.39, 0.29) is 20.1 Å². The van der Waals surface area contributed by atoms with Gasteiger partial charge in [-0.2, -0.15) is 0 Å². The summed E-state index contributed by atoms with van der Waals surface area (Å²) in [5.41, 5.74) is 9.14. The van der Waals surface area contributed by atoms with Crippen LogP contribution in [0.15, 0.2) is 121 Å². The summed E-state index contributed by atoms with van der Waals surface area (Å²) in [4.78, 5) is 9.72. The standard InChI is InChI=1S/C26H17N2S.C18H24NSi.Ir/c1-17-10-13-25-21(14-17)22(16-29-25)26-27-23-8-4-5-9-24(23)28(26)20-12-11-18-6-2-3-7-19(18)15-20;1-14(2)11-16-12-17(15-9-7-6-8-10-15)19-13-18(16)20(3,4)5;/h2-15H,1H3;6-9,12-14H,11H2,1-5H3;/q2*-1;. The Kier molecular flexibility index (Phi) is 10.7. The fourth-order valence-corrected chi connectivity index (χ4v) is 8.92. The molecule has 0 amide bonds. The van der Waals surface area contributed by atoms with Crippen LogP contribution in [0.5, 0.6) is 0 Å². The van der Waals surface area contributed by atoms with Crippen molar-refractivity contribution >= 4 is 56.5 Å². The van der Waals surface area contributed by atoms with Crippen LogP contribution in [0.1, 0.15) is 25.0 Å². The van der Waals surface area contributed by atoms with Crippen molar-refractivity contribution in [3.63, 3.8) is 0 Å². The van der Waals surface area contributed by atoms with Crippen LogP contribution in [0.3, 0.4) is 0 Å². The van der Waals surface area contributed by atoms with Crippen LogP contribution in [-0.2, 0) is 26.5 Å². The molecule has 0 aliphatic heterocycles. The minimum absolute atomic E-state index is 0. The van der Waals surface area contributed by atoms with Crippen molar-refractivity contribution in [3.8, 4) is 28.3 Å². The van der Waals surface area contributed by atoms with Gasteiger partial charge in [0.05, 0.1) is 24.9 Å². The molecule has 50 heavy (non-hydrogen) atoms. The minimum Gasteiger partial charge on any atom is -0.333 e. The van der Waals surface area contributed by atoms with Crippen molar-refractivity contribution in [3.05, 3.63) is 144 Å². The van der Waals surface area contributed by atoms with Gasteiger partial charge in [0.2, 0.25) is 0 Å². The third-order valence-electron chi connectivity index (χ3n) is 8.85. The Hall–Kier alpha value is -4.19. The first-order valence-electron chi connectivity index (χ1n) is 17.0. The van der Waals surface area contributed by atoms with Crippen molar-refractivity contribution in [2.45, 2.75) is 46.8 Å². The maximum atomic E-state index is 5.03. The second-order valence-corrected chi connectivity index (χ2v) is 20.1. The summed E-state index contributed by atoms with van der Waals surface area (Å²) in [6, 6.07) is 43.6. The largest absolute Gasteiger partial charge is 0.333 e. The smallest absolute Gasteiger partial charge is 0.0798 e. The first-order chi connectivity index (χ1) is 23.7. The predicted octanol–water partition coefficient (Wildman–Crippen LogP) is 11.5. The maximum absolute atomic E-state index is 5.03.